The van der Waals surface area contributed by atoms with E-state index < -0.39 is 0 Å². The molecule has 74 valence electrons. The van der Waals surface area contributed by atoms with Crippen LogP contribution < -0.4 is 0 Å². The van der Waals surface area contributed by atoms with Gasteiger partial charge < -0.3 is 0 Å². The van der Waals surface area contributed by atoms with E-state index in [1.54, 1.807) is 9.70 Å². The molecule has 1 rings (SSSR count). The van der Waals surface area contributed by atoms with Crippen molar-refractivity contribution in [3.63, 3.8) is 0 Å². The van der Waals surface area contributed by atoms with E-state index in [0.717, 1.165) is 0 Å². The van der Waals surface area contributed by atoms with Gasteiger partial charge in [-0.25, -0.2) is 0 Å². The topological polar surface area (TPSA) is 0 Å². The first kappa shape index (κ1) is 10.9. The van der Waals surface area contributed by atoms with Crippen molar-refractivity contribution in [3.8, 4) is 0 Å². The van der Waals surface area contributed by atoms with Gasteiger partial charge in [-0.2, -0.15) is 0 Å². The Balaban J connectivity index is 2.42. The van der Waals surface area contributed by atoms with Crippen LogP contribution in [0.4, 0.5) is 0 Å². The third kappa shape index (κ3) is 3.61. The summed E-state index contributed by atoms with van der Waals surface area (Å²) in [4.78, 5) is 1.35. The van der Waals surface area contributed by atoms with Crippen LogP contribution in [0.25, 0.3) is 0 Å². The van der Waals surface area contributed by atoms with E-state index in [1.807, 2.05) is 0 Å². The van der Waals surface area contributed by atoms with Gasteiger partial charge in [0.1, 0.15) is 0 Å². The second kappa shape index (κ2) is 5.56. The number of hydrogen-bond acceptors (Lipinski definition) is 0. The first-order valence-electron chi connectivity index (χ1n) is 4.82. The first-order chi connectivity index (χ1) is 6.24. The van der Waals surface area contributed by atoms with Crippen LogP contribution in [0.15, 0.2) is 33.5 Å². The summed E-state index contributed by atoms with van der Waals surface area (Å²) < 4.78 is 1.79. The Morgan fingerprint density at radius 3 is 2.92 bits per heavy atom. The standard InChI is InChI=1S/C7H9.C5H9.Os/c1-2-7-5-3-4-6-7;1-4-5(2)3;/h3,5H,2,4H2,1H3;4H,1H2,2-3H3;. The fourth-order valence-electron chi connectivity index (χ4n) is 1.23. The van der Waals surface area contributed by atoms with E-state index in [0.29, 0.717) is 0 Å². The molecule has 0 fully saturated rings. The maximum absolute atomic E-state index is 2.39. The molecule has 0 spiro atoms. The van der Waals surface area contributed by atoms with Crippen LogP contribution >= 0.6 is 0 Å². The van der Waals surface area contributed by atoms with Crippen LogP contribution in [0.3, 0.4) is 0 Å². The quantitative estimate of drug-likeness (QED) is 0.669. The molecule has 0 saturated carbocycles. The van der Waals surface area contributed by atoms with Crippen LogP contribution in [0, 0.1) is 0 Å². The summed E-state index contributed by atoms with van der Waals surface area (Å²) >= 11 is 0.0273. The van der Waals surface area contributed by atoms with E-state index in [-0.39, 0.29) is 17.4 Å². The van der Waals surface area contributed by atoms with Crippen molar-refractivity contribution < 1.29 is 17.4 Å². The molecule has 0 aliphatic heterocycles. The molecule has 0 unspecified atom stereocenters. The molecule has 0 heterocycles. The van der Waals surface area contributed by atoms with Crippen LogP contribution in [0.1, 0.15) is 33.6 Å². The van der Waals surface area contributed by atoms with E-state index in [2.05, 4.69) is 39.0 Å². The van der Waals surface area contributed by atoms with Gasteiger partial charge in [-0.05, 0) is 0 Å². The van der Waals surface area contributed by atoms with Crippen molar-refractivity contribution in [1.82, 2.24) is 0 Å². The van der Waals surface area contributed by atoms with Crippen molar-refractivity contribution in [2.45, 2.75) is 38.6 Å². The van der Waals surface area contributed by atoms with Gasteiger partial charge in [0.05, 0.1) is 0 Å². The Morgan fingerprint density at radius 2 is 2.31 bits per heavy atom. The van der Waals surface area contributed by atoms with Crippen LogP contribution in [0.2, 0.25) is 4.98 Å². The average Bonchev–Trinajstić information content (AvgIpc) is 2.51. The van der Waals surface area contributed by atoms with E-state index in [4.69, 9.17) is 0 Å². The molecule has 0 nitrogen and oxygen atoms in total. The van der Waals surface area contributed by atoms with E-state index in [9.17, 15) is 0 Å². The number of hydrogen-bond donors (Lipinski definition) is 0. The van der Waals surface area contributed by atoms with Crippen LogP contribution in [-0.2, 0) is 17.4 Å². The summed E-state index contributed by atoms with van der Waals surface area (Å²) in [6.45, 7) is 6.65. The van der Waals surface area contributed by atoms with E-state index >= 15 is 0 Å². The van der Waals surface area contributed by atoms with Gasteiger partial charge in [0.2, 0.25) is 0 Å². The predicted molar refractivity (Wildman–Crippen MR) is 55.3 cm³/mol. The van der Waals surface area contributed by atoms with Crippen molar-refractivity contribution >= 4 is 0 Å². The molecule has 0 aromatic heterocycles. The Bertz CT molecular complexity index is 252. The zero-order valence-electron chi connectivity index (χ0n) is 8.71. The van der Waals surface area contributed by atoms with Gasteiger partial charge >= 0.3 is 89.5 Å². The second-order valence-corrected chi connectivity index (χ2v) is 6.89. The SMILES string of the molecule is CCC1=[C]([Os][CH2]C=C(C)C)CC=C1. The Kier molecular flexibility index (Phi) is 4.67. The molecule has 1 aliphatic carbocycles. The number of rotatable bonds is 4. The molecule has 13 heavy (non-hydrogen) atoms. The van der Waals surface area contributed by atoms with Crippen molar-refractivity contribution in [1.29, 1.82) is 0 Å². The molecule has 0 N–H and O–H groups in total. The fourth-order valence-corrected chi connectivity index (χ4v) is 5.05. The third-order valence-corrected chi connectivity index (χ3v) is 5.49. The van der Waals surface area contributed by atoms with Gasteiger partial charge in [0, 0.05) is 0 Å². The maximum atomic E-state index is 2.39. The van der Waals surface area contributed by atoms with Crippen molar-refractivity contribution in [2.24, 2.45) is 0 Å². The van der Waals surface area contributed by atoms with Crippen molar-refractivity contribution in [2.75, 3.05) is 0 Å². The molecule has 0 saturated heterocycles. The molecule has 0 bridgehead atoms. The van der Waals surface area contributed by atoms with Crippen molar-refractivity contribution in [3.05, 3.63) is 33.5 Å². The fraction of sp³-hybridized carbons (Fsp3) is 0.500. The minimum absolute atomic E-state index is 0.0273. The molecular formula is C12H18Os. The van der Waals surface area contributed by atoms with E-state index in [1.165, 1.54) is 23.4 Å². The normalized spacial score (nSPS) is 15.6. The molecule has 0 aromatic rings. The summed E-state index contributed by atoms with van der Waals surface area (Å²) in [5.74, 6) is 0. The third-order valence-electron chi connectivity index (χ3n) is 2.04. The zero-order valence-corrected chi connectivity index (χ0v) is 11.2. The zero-order chi connectivity index (χ0) is 9.68. The Morgan fingerprint density at radius 1 is 1.54 bits per heavy atom. The minimum atomic E-state index is 0.0273. The number of allylic oxidation sites excluding steroid dienone is 6. The molecule has 0 aromatic carbocycles. The summed E-state index contributed by atoms with van der Waals surface area (Å²) in [5.41, 5.74) is 3.10. The van der Waals surface area contributed by atoms with Gasteiger partial charge in [-0.3, -0.25) is 0 Å². The Hall–Kier alpha value is -0.144. The summed E-state index contributed by atoms with van der Waals surface area (Å²) in [7, 11) is 0. The molecule has 1 aliphatic rings. The molecule has 0 radical (unpaired) electrons. The summed E-state index contributed by atoms with van der Waals surface area (Å²) in [6.07, 6.45) is 9.53. The second-order valence-electron chi connectivity index (χ2n) is 3.43. The predicted octanol–water partition coefficient (Wildman–Crippen LogP) is 4.08. The summed E-state index contributed by atoms with van der Waals surface area (Å²) in [6, 6.07) is 0. The summed E-state index contributed by atoms with van der Waals surface area (Å²) in [5, 5.41) is 0. The Labute approximate surface area is 89.6 Å². The molecule has 0 atom stereocenters. The molecule has 0 amide bonds. The van der Waals surface area contributed by atoms with Crippen LogP contribution in [0.5, 0.6) is 0 Å². The first-order valence-corrected chi connectivity index (χ1v) is 7.88. The monoisotopic (exact) mass is 354 g/mol. The van der Waals surface area contributed by atoms with Gasteiger partial charge in [0.25, 0.3) is 0 Å². The van der Waals surface area contributed by atoms with Gasteiger partial charge in [-0.15, -0.1) is 0 Å². The average molecular weight is 353 g/mol. The molecule has 1 heteroatoms. The van der Waals surface area contributed by atoms with Crippen LogP contribution in [-0.4, -0.2) is 0 Å². The van der Waals surface area contributed by atoms with Gasteiger partial charge in [0.15, 0.2) is 0 Å². The molecular weight excluding hydrogens is 334 g/mol. The van der Waals surface area contributed by atoms with Gasteiger partial charge in [-0.1, -0.05) is 0 Å².